The molecule has 2 aromatic rings. The molecular formula is C21H23NO5. The minimum Gasteiger partial charge on any atom is -0.493 e. The number of hydrogen-bond donors (Lipinski definition) is 1. The number of ether oxygens (including phenoxy) is 2. The van der Waals surface area contributed by atoms with Gasteiger partial charge in [0, 0.05) is 18.5 Å². The van der Waals surface area contributed by atoms with E-state index in [-0.39, 0.29) is 18.1 Å². The van der Waals surface area contributed by atoms with E-state index < -0.39 is 5.97 Å². The Bertz CT molecular complexity index is 798. The van der Waals surface area contributed by atoms with Crippen molar-refractivity contribution in [2.75, 3.05) is 13.2 Å². The molecule has 0 aliphatic carbocycles. The summed E-state index contributed by atoms with van der Waals surface area (Å²) in [7, 11) is 0. The zero-order chi connectivity index (χ0) is 19.6. The molecule has 0 radical (unpaired) electrons. The Balaban J connectivity index is 1.75. The van der Waals surface area contributed by atoms with E-state index in [2.05, 4.69) is 5.32 Å². The van der Waals surface area contributed by atoms with E-state index in [1.54, 1.807) is 48.5 Å². The summed E-state index contributed by atoms with van der Waals surface area (Å²) in [5.41, 5.74) is 1.03. The maximum absolute atomic E-state index is 12.2. The normalized spacial score (nSPS) is 10.1. The molecule has 27 heavy (non-hydrogen) atoms. The summed E-state index contributed by atoms with van der Waals surface area (Å²) in [4.78, 5) is 35.3. The fraction of sp³-hybridized carbons (Fsp3) is 0.286. The van der Waals surface area contributed by atoms with E-state index in [1.807, 2.05) is 6.92 Å². The molecule has 0 fully saturated rings. The third-order valence-electron chi connectivity index (χ3n) is 3.77. The monoisotopic (exact) mass is 369 g/mol. The molecule has 0 saturated heterocycles. The molecule has 0 saturated carbocycles. The number of carbonyl (C=O) groups excluding carboxylic acids is 3. The van der Waals surface area contributed by atoms with Gasteiger partial charge in [0.05, 0.1) is 12.2 Å². The molecule has 0 spiro atoms. The molecule has 0 bridgehead atoms. The molecule has 1 N–H and O–H groups in total. The lowest BCUT2D eigenvalue weighted by molar-refractivity contribution is -0.134. The number of carbonyl (C=O) groups is 3. The van der Waals surface area contributed by atoms with E-state index in [0.717, 1.165) is 0 Å². The molecule has 2 rings (SSSR count). The molecule has 0 unspecified atom stereocenters. The van der Waals surface area contributed by atoms with Gasteiger partial charge in [0.2, 0.25) is 0 Å². The summed E-state index contributed by atoms with van der Waals surface area (Å²) in [5, 5.41) is 2.77. The minimum absolute atomic E-state index is 0.0467. The van der Waals surface area contributed by atoms with Gasteiger partial charge < -0.3 is 14.8 Å². The number of Topliss-reactive ketones (excluding diaryl/α,β-unsaturated/α-hetero) is 1. The molecule has 6 nitrogen and oxygen atoms in total. The van der Waals surface area contributed by atoms with Crippen molar-refractivity contribution < 1.29 is 23.9 Å². The predicted molar refractivity (Wildman–Crippen MR) is 101 cm³/mol. The summed E-state index contributed by atoms with van der Waals surface area (Å²) in [6, 6.07) is 13.4. The Kier molecular flexibility index (Phi) is 7.55. The third-order valence-corrected chi connectivity index (χ3v) is 3.77. The van der Waals surface area contributed by atoms with Gasteiger partial charge in [-0.1, -0.05) is 12.1 Å². The summed E-state index contributed by atoms with van der Waals surface area (Å²) < 4.78 is 10.6. The van der Waals surface area contributed by atoms with Crippen molar-refractivity contribution in [3.05, 3.63) is 59.7 Å². The molecule has 0 aromatic heterocycles. The number of rotatable bonds is 9. The first kappa shape index (κ1) is 20.2. The lowest BCUT2D eigenvalue weighted by atomic mass is 10.1. The number of ketones is 1. The van der Waals surface area contributed by atoms with Crippen molar-refractivity contribution in [2.45, 2.75) is 26.7 Å². The summed E-state index contributed by atoms with van der Waals surface area (Å²) in [5.74, 6) is 0.238. The van der Waals surface area contributed by atoms with Crippen LogP contribution in [0.5, 0.6) is 11.5 Å². The molecule has 6 heteroatoms. The van der Waals surface area contributed by atoms with E-state index in [4.69, 9.17) is 9.47 Å². The first-order chi connectivity index (χ1) is 13.0. The van der Waals surface area contributed by atoms with Crippen molar-refractivity contribution in [3.8, 4) is 11.5 Å². The highest BCUT2D eigenvalue weighted by molar-refractivity contribution is 5.97. The van der Waals surface area contributed by atoms with Crippen molar-refractivity contribution in [3.63, 3.8) is 0 Å². The van der Waals surface area contributed by atoms with E-state index in [1.165, 1.54) is 6.92 Å². The van der Waals surface area contributed by atoms with Gasteiger partial charge in [-0.25, -0.2) is 0 Å². The summed E-state index contributed by atoms with van der Waals surface area (Å²) in [6.45, 7) is 4.15. The Hall–Kier alpha value is -3.15. The molecule has 0 atom stereocenters. The van der Waals surface area contributed by atoms with Crippen LogP contribution in [0.2, 0.25) is 0 Å². The van der Waals surface area contributed by atoms with Gasteiger partial charge in [0.25, 0.3) is 5.91 Å². The minimum atomic E-state index is -0.394. The van der Waals surface area contributed by atoms with Crippen LogP contribution < -0.4 is 14.8 Å². The highest BCUT2D eigenvalue weighted by Crippen LogP contribution is 2.17. The van der Waals surface area contributed by atoms with Gasteiger partial charge in [-0.05, 0) is 56.7 Å². The van der Waals surface area contributed by atoms with Crippen LogP contribution in [0.15, 0.2) is 48.5 Å². The molecule has 1 amide bonds. The van der Waals surface area contributed by atoms with Gasteiger partial charge in [-0.15, -0.1) is 0 Å². The maximum Gasteiger partial charge on any atom is 0.311 e. The Morgan fingerprint density at radius 3 is 2.37 bits per heavy atom. The second-order valence-electron chi connectivity index (χ2n) is 5.84. The summed E-state index contributed by atoms with van der Waals surface area (Å²) >= 11 is 0. The van der Waals surface area contributed by atoms with E-state index >= 15 is 0 Å². The largest absolute Gasteiger partial charge is 0.493 e. The topological polar surface area (TPSA) is 81.7 Å². The van der Waals surface area contributed by atoms with Crippen LogP contribution in [0.4, 0.5) is 0 Å². The van der Waals surface area contributed by atoms with Crippen LogP contribution in [-0.4, -0.2) is 30.8 Å². The molecule has 142 valence electrons. The van der Waals surface area contributed by atoms with Crippen LogP contribution in [0.3, 0.4) is 0 Å². The van der Waals surface area contributed by atoms with Gasteiger partial charge in [0.1, 0.15) is 11.5 Å². The standard InChI is InChI=1S/C21H23NO5/c1-3-26-19-8-5-4-7-18(19)21(25)22-14-6-9-20(24)27-17-12-10-16(11-13-17)15(2)23/h4-5,7-8,10-13H,3,6,9,14H2,1-2H3,(H,22,25). The van der Waals surface area contributed by atoms with Gasteiger partial charge >= 0.3 is 5.97 Å². The average molecular weight is 369 g/mol. The van der Waals surface area contributed by atoms with Crippen LogP contribution in [0.25, 0.3) is 0 Å². The zero-order valence-electron chi connectivity index (χ0n) is 15.5. The van der Waals surface area contributed by atoms with E-state index in [9.17, 15) is 14.4 Å². The Labute approximate surface area is 158 Å². The number of amides is 1. The lowest BCUT2D eigenvalue weighted by Gasteiger charge is -2.10. The van der Waals surface area contributed by atoms with Crippen LogP contribution >= 0.6 is 0 Å². The lowest BCUT2D eigenvalue weighted by Crippen LogP contribution is -2.25. The second-order valence-corrected chi connectivity index (χ2v) is 5.84. The zero-order valence-corrected chi connectivity index (χ0v) is 15.5. The van der Waals surface area contributed by atoms with Crippen molar-refractivity contribution >= 4 is 17.7 Å². The number of esters is 1. The average Bonchev–Trinajstić information content (AvgIpc) is 2.66. The molecule has 2 aromatic carbocycles. The highest BCUT2D eigenvalue weighted by Gasteiger charge is 2.12. The van der Waals surface area contributed by atoms with Crippen molar-refractivity contribution in [1.29, 1.82) is 0 Å². The van der Waals surface area contributed by atoms with Gasteiger partial charge in [0.15, 0.2) is 5.78 Å². The van der Waals surface area contributed by atoms with Crippen LogP contribution in [0, 0.1) is 0 Å². The number of hydrogen-bond acceptors (Lipinski definition) is 5. The highest BCUT2D eigenvalue weighted by atomic mass is 16.5. The fourth-order valence-electron chi connectivity index (χ4n) is 2.41. The van der Waals surface area contributed by atoms with E-state index in [0.29, 0.717) is 42.2 Å². The first-order valence-corrected chi connectivity index (χ1v) is 8.83. The summed E-state index contributed by atoms with van der Waals surface area (Å²) in [6.07, 6.45) is 0.620. The maximum atomic E-state index is 12.2. The Morgan fingerprint density at radius 2 is 1.70 bits per heavy atom. The third kappa shape index (κ3) is 6.26. The molecule has 0 aliphatic heterocycles. The smallest absolute Gasteiger partial charge is 0.311 e. The predicted octanol–water partition coefficient (Wildman–Crippen LogP) is 3.40. The molecular weight excluding hydrogens is 346 g/mol. The second kappa shape index (κ2) is 10.1. The van der Waals surface area contributed by atoms with Crippen LogP contribution in [-0.2, 0) is 4.79 Å². The fourth-order valence-corrected chi connectivity index (χ4v) is 2.41. The van der Waals surface area contributed by atoms with Crippen molar-refractivity contribution in [1.82, 2.24) is 5.32 Å². The number of para-hydroxylation sites is 1. The molecule has 0 heterocycles. The molecule has 0 aliphatic rings. The van der Waals surface area contributed by atoms with Gasteiger partial charge in [-0.3, -0.25) is 14.4 Å². The van der Waals surface area contributed by atoms with Crippen LogP contribution in [0.1, 0.15) is 47.4 Å². The number of benzene rings is 2. The quantitative estimate of drug-likeness (QED) is 0.317. The van der Waals surface area contributed by atoms with Crippen molar-refractivity contribution in [2.24, 2.45) is 0 Å². The van der Waals surface area contributed by atoms with Gasteiger partial charge in [-0.2, -0.15) is 0 Å². The first-order valence-electron chi connectivity index (χ1n) is 8.83. The SMILES string of the molecule is CCOc1ccccc1C(=O)NCCCC(=O)Oc1ccc(C(C)=O)cc1. The Morgan fingerprint density at radius 1 is 1.00 bits per heavy atom. The number of nitrogens with one attached hydrogen (secondary N) is 1.